The average Bonchev–Trinajstić information content (AvgIpc) is 2.80. The van der Waals surface area contributed by atoms with Crippen LogP contribution in [0.4, 0.5) is 0 Å². The minimum Gasteiger partial charge on any atom is -0.508 e. The quantitative estimate of drug-likeness (QED) is 0.283. The number of benzene rings is 1. The van der Waals surface area contributed by atoms with Gasteiger partial charge in [0, 0.05) is 11.6 Å². The zero-order valence-corrected chi connectivity index (χ0v) is 23.8. The van der Waals surface area contributed by atoms with Crippen molar-refractivity contribution in [2.45, 2.75) is 144 Å². The number of hydrogen-bond acceptors (Lipinski definition) is 3. The highest BCUT2D eigenvalue weighted by atomic mass is 16.5. The normalized spacial score (nSPS) is 17.5. The van der Waals surface area contributed by atoms with Crippen molar-refractivity contribution in [1.82, 2.24) is 0 Å². The molecule has 3 heteroatoms. The van der Waals surface area contributed by atoms with E-state index in [2.05, 4.69) is 26.5 Å². The molecule has 1 fully saturated rings. The Bertz CT molecular complexity index is 622. The van der Waals surface area contributed by atoms with E-state index in [1.807, 2.05) is 67.5 Å². The topological polar surface area (TPSA) is 55.5 Å². The number of ether oxygens (including phenoxy) is 1. The Morgan fingerprint density at radius 1 is 1.09 bits per heavy atom. The molecule has 2 rings (SSSR count). The van der Waals surface area contributed by atoms with Crippen molar-refractivity contribution in [2.24, 2.45) is 5.73 Å². The molecule has 194 valence electrons. The fourth-order valence-electron chi connectivity index (χ4n) is 4.25. The first kappa shape index (κ1) is 33.7. The Labute approximate surface area is 207 Å². The summed E-state index contributed by atoms with van der Waals surface area (Å²) in [5, 5.41) is 11.0. The smallest absolute Gasteiger partial charge is 0.127 e. The summed E-state index contributed by atoms with van der Waals surface area (Å²) in [6.45, 7) is 24.4. The summed E-state index contributed by atoms with van der Waals surface area (Å²) in [4.78, 5) is 0. The zero-order valence-electron chi connectivity index (χ0n) is 23.8. The fourth-order valence-corrected chi connectivity index (χ4v) is 4.25. The predicted octanol–water partition coefficient (Wildman–Crippen LogP) is 9.27. The lowest BCUT2D eigenvalue weighted by atomic mass is 9.76. The van der Waals surface area contributed by atoms with Gasteiger partial charge in [-0.2, -0.15) is 0 Å². The molecule has 0 radical (unpaired) electrons. The lowest BCUT2D eigenvalue weighted by Crippen LogP contribution is -2.27. The third kappa shape index (κ3) is 12.0. The Kier molecular flexibility index (Phi) is 19.3. The van der Waals surface area contributed by atoms with Crippen molar-refractivity contribution in [2.75, 3.05) is 0 Å². The first-order valence-electron chi connectivity index (χ1n) is 13.6. The van der Waals surface area contributed by atoms with Crippen LogP contribution in [0.1, 0.15) is 138 Å². The molecular formula is C30H57NO2. The molecule has 1 aliphatic rings. The first-order valence-corrected chi connectivity index (χ1v) is 13.6. The molecule has 0 spiro atoms. The molecule has 0 aliphatic heterocycles. The van der Waals surface area contributed by atoms with Crippen LogP contribution in [0.25, 0.3) is 0 Å². The summed E-state index contributed by atoms with van der Waals surface area (Å²) in [5.41, 5.74) is 8.32. The van der Waals surface area contributed by atoms with Crippen LogP contribution in [0.15, 0.2) is 24.8 Å². The summed E-state index contributed by atoms with van der Waals surface area (Å²) in [7, 11) is 0. The summed E-state index contributed by atoms with van der Waals surface area (Å²) in [5.74, 6) is 1.51. The first-order chi connectivity index (χ1) is 15.7. The number of unbranched alkanes of at least 4 members (excludes halogenated alkanes) is 2. The van der Waals surface area contributed by atoms with Crippen LogP contribution in [0, 0.1) is 0 Å². The highest BCUT2D eigenvalue weighted by Gasteiger charge is 2.29. The van der Waals surface area contributed by atoms with Crippen LogP contribution in [-0.2, 0) is 5.41 Å². The number of allylic oxidation sites excluding steroid dienone is 1. The molecule has 1 saturated carbocycles. The molecule has 0 saturated heterocycles. The summed E-state index contributed by atoms with van der Waals surface area (Å²) >= 11 is 0. The van der Waals surface area contributed by atoms with Gasteiger partial charge in [0.2, 0.25) is 0 Å². The van der Waals surface area contributed by atoms with Crippen molar-refractivity contribution in [3.8, 4) is 11.5 Å². The highest BCUT2D eigenvalue weighted by molar-refractivity contribution is 5.51. The number of hydrogen-bond donors (Lipinski definition) is 2. The van der Waals surface area contributed by atoms with Crippen molar-refractivity contribution in [1.29, 1.82) is 0 Å². The van der Waals surface area contributed by atoms with Crippen LogP contribution in [-0.4, -0.2) is 17.3 Å². The second-order valence-corrected chi connectivity index (χ2v) is 9.12. The molecule has 3 N–H and O–H groups in total. The lowest BCUT2D eigenvalue weighted by molar-refractivity contribution is 0.233. The van der Waals surface area contributed by atoms with Crippen molar-refractivity contribution in [3.05, 3.63) is 35.9 Å². The van der Waals surface area contributed by atoms with Gasteiger partial charge in [-0.15, -0.1) is 6.58 Å². The van der Waals surface area contributed by atoms with E-state index < -0.39 is 0 Å². The van der Waals surface area contributed by atoms with Gasteiger partial charge < -0.3 is 15.6 Å². The molecule has 1 aliphatic carbocycles. The molecule has 2 unspecified atom stereocenters. The third-order valence-corrected chi connectivity index (χ3v) is 5.85. The summed E-state index contributed by atoms with van der Waals surface area (Å²) in [6.07, 6.45) is 10.7. The molecule has 0 bridgehead atoms. The van der Waals surface area contributed by atoms with Crippen LogP contribution in [0.5, 0.6) is 11.5 Å². The second-order valence-electron chi connectivity index (χ2n) is 9.12. The number of phenolic OH excluding ortho intramolecular Hbond substituents is 1. The zero-order chi connectivity index (χ0) is 26.0. The molecule has 2 atom stereocenters. The number of rotatable bonds is 9. The Hall–Kier alpha value is -1.48. The van der Waals surface area contributed by atoms with Gasteiger partial charge in [-0.25, -0.2) is 0 Å². The Balaban J connectivity index is 0. The monoisotopic (exact) mass is 463 g/mol. The van der Waals surface area contributed by atoms with Gasteiger partial charge >= 0.3 is 0 Å². The van der Waals surface area contributed by atoms with Gasteiger partial charge in [0.15, 0.2) is 0 Å². The minimum absolute atomic E-state index is 0.00473. The molecule has 1 aromatic rings. The van der Waals surface area contributed by atoms with Crippen molar-refractivity contribution in [3.63, 3.8) is 0 Å². The van der Waals surface area contributed by atoms with E-state index in [-0.39, 0.29) is 23.5 Å². The molecule has 0 amide bonds. The Morgan fingerprint density at radius 3 is 2.21 bits per heavy atom. The van der Waals surface area contributed by atoms with Crippen molar-refractivity contribution < 1.29 is 9.84 Å². The van der Waals surface area contributed by atoms with E-state index in [0.717, 1.165) is 68.2 Å². The lowest BCUT2D eigenvalue weighted by Gasteiger charge is -2.32. The predicted molar refractivity (Wildman–Crippen MR) is 149 cm³/mol. The van der Waals surface area contributed by atoms with Crippen molar-refractivity contribution >= 4 is 0 Å². The van der Waals surface area contributed by atoms with Gasteiger partial charge in [0.05, 0.1) is 6.10 Å². The maximum atomic E-state index is 11.0. The number of aromatic hydroxyl groups is 1. The van der Waals surface area contributed by atoms with Gasteiger partial charge in [-0.05, 0) is 81.4 Å². The Morgan fingerprint density at radius 2 is 1.70 bits per heavy atom. The number of phenols is 1. The minimum atomic E-state index is -0.00473. The maximum Gasteiger partial charge on any atom is 0.127 e. The highest BCUT2D eigenvalue weighted by Crippen LogP contribution is 2.45. The standard InChI is InChI=1S/C24H39NO2.3C2H6/c1-6-7-8-9-13-24(4,5)19-15-21(26)23(22(16-19)27-17(2)3)18-11-10-12-20(25)14-18;3*1-2/h6,15-18,20,26H,1,7-14,25H2,2-5H3;3*1-2H3. The van der Waals surface area contributed by atoms with E-state index in [1.54, 1.807) is 0 Å². The van der Waals surface area contributed by atoms with E-state index in [4.69, 9.17) is 10.5 Å². The molecular weight excluding hydrogens is 406 g/mol. The van der Waals surface area contributed by atoms with Crippen LogP contribution in [0.3, 0.4) is 0 Å². The largest absolute Gasteiger partial charge is 0.508 e. The van der Waals surface area contributed by atoms with Crippen LogP contribution >= 0.6 is 0 Å². The van der Waals surface area contributed by atoms with E-state index in [1.165, 1.54) is 0 Å². The van der Waals surface area contributed by atoms with E-state index >= 15 is 0 Å². The molecule has 0 aromatic heterocycles. The van der Waals surface area contributed by atoms with Crippen LogP contribution < -0.4 is 10.5 Å². The average molecular weight is 464 g/mol. The van der Waals surface area contributed by atoms with E-state index in [0.29, 0.717) is 5.75 Å². The summed E-state index contributed by atoms with van der Waals surface area (Å²) < 4.78 is 6.18. The summed E-state index contributed by atoms with van der Waals surface area (Å²) in [6, 6.07) is 4.36. The van der Waals surface area contributed by atoms with Gasteiger partial charge in [-0.1, -0.05) is 74.3 Å². The van der Waals surface area contributed by atoms with E-state index in [9.17, 15) is 5.11 Å². The maximum absolute atomic E-state index is 11.0. The van der Waals surface area contributed by atoms with Gasteiger partial charge in [0.1, 0.15) is 11.5 Å². The molecule has 33 heavy (non-hydrogen) atoms. The SMILES string of the molecule is C=CCCCCC(C)(C)c1cc(O)c(C2CCCC(N)C2)c(OC(C)C)c1.CC.CC.CC. The third-order valence-electron chi connectivity index (χ3n) is 5.85. The van der Waals surface area contributed by atoms with Crippen LogP contribution in [0.2, 0.25) is 0 Å². The molecule has 3 nitrogen and oxygen atoms in total. The van der Waals surface area contributed by atoms with Gasteiger partial charge in [0.25, 0.3) is 0 Å². The van der Waals surface area contributed by atoms with Gasteiger partial charge in [-0.3, -0.25) is 0 Å². The fraction of sp³-hybridized carbons (Fsp3) is 0.733. The molecule has 1 aromatic carbocycles. The number of nitrogens with two attached hydrogens (primary N) is 1. The molecule has 0 heterocycles. The second kappa shape index (κ2) is 18.9.